The van der Waals surface area contributed by atoms with Crippen molar-refractivity contribution in [2.45, 2.75) is 31.8 Å². The first kappa shape index (κ1) is 13.6. The average molecular weight is 295 g/mol. The SMILES string of the molecule is CCSCC1OC(n2cnc3c(N)ncnc32)CC1O. The van der Waals surface area contributed by atoms with E-state index < -0.39 is 6.10 Å². The summed E-state index contributed by atoms with van der Waals surface area (Å²) in [6.07, 6.45) is 2.71. The maximum Gasteiger partial charge on any atom is 0.167 e. The van der Waals surface area contributed by atoms with Crippen molar-refractivity contribution in [2.24, 2.45) is 0 Å². The molecule has 2 aromatic rings. The van der Waals surface area contributed by atoms with Crippen LogP contribution in [0.3, 0.4) is 0 Å². The van der Waals surface area contributed by atoms with Gasteiger partial charge in [-0.15, -0.1) is 0 Å². The Bertz CT molecular complexity index is 605. The van der Waals surface area contributed by atoms with Crippen LogP contribution in [-0.2, 0) is 4.74 Å². The lowest BCUT2D eigenvalue weighted by Gasteiger charge is -2.15. The lowest BCUT2D eigenvalue weighted by Crippen LogP contribution is -2.23. The molecule has 1 aliphatic rings. The molecule has 0 amide bonds. The van der Waals surface area contributed by atoms with Crippen LogP contribution >= 0.6 is 11.8 Å². The predicted molar refractivity (Wildman–Crippen MR) is 77.3 cm³/mol. The van der Waals surface area contributed by atoms with E-state index in [0.29, 0.717) is 23.4 Å². The fourth-order valence-electron chi connectivity index (χ4n) is 2.35. The van der Waals surface area contributed by atoms with Crippen LogP contribution in [0.15, 0.2) is 12.7 Å². The monoisotopic (exact) mass is 295 g/mol. The third-order valence-corrected chi connectivity index (χ3v) is 4.36. The highest BCUT2D eigenvalue weighted by Gasteiger charge is 2.35. The third-order valence-electron chi connectivity index (χ3n) is 3.39. The number of aliphatic hydroxyl groups excluding tert-OH is 1. The molecular formula is C12H17N5O2S. The summed E-state index contributed by atoms with van der Waals surface area (Å²) in [5.41, 5.74) is 6.97. The van der Waals surface area contributed by atoms with Crippen LogP contribution in [0.2, 0.25) is 0 Å². The van der Waals surface area contributed by atoms with Crippen LogP contribution in [0.4, 0.5) is 5.82 Å². The number of thioether (sulfide) groups is 1. The number of nitrogens with two attached hydrogens (primary N) is 1. The minimum absolute atomic E-state index is 0.151. The van der Waals surface area contributed by atoms with Crippen molar-refractivity contribution in [1.82, 2.24) is 19.5 Å². The minimum atomic E-state index is -0.462. The molecule has 0 spiro atoms. The molecule has 3 atom stereocenters. The van der Waals surface area contributed by atoms with Gasteiger partial charge in [-0.2, -0.15) is 11.8 Å². The Balaban J connectivity index is 1.84. The molecule has 1 saturated heterocycles. The fourth-order valence-corrected chi connectivity index (χ4v) is 3.12. The predicted octanol–water partition coefficient (Wildman–Crippen LogP) is 0.810. The molecule has 0 radical (unpaired) electrons. The van der Waals surface area contributed by atoms with Gasteiger partial charge in [0.1, 0.15) is 18.1 Å². The summed E-state index contributed by atoms with van der Waals surface area (Å²) in [5.74, 6) is 2.15. The molecule has 8 heteroatoms. The van der Waals surface area contributed by atoms with Gasteiger partial charge in [0.15, 0.2) is 11.5 Å². The normalized spacial score (nSPS) is 26.4. The van der Waals surface area contributed by atoms with Crippen molar-refractivity contribution in [2.75, 3.05) is 17.2 Å². The number of aromatic nitrogens is 4. The number of hydrogen-bond donors (Lipinski definition) is 2. The summed E-state index contributed by atoms with van der Waals surface area (Å²) in [7, 11) is 0. The number of aliphatic hydroxyl groups is 1. The van der Waals surface area contributed by atoms with Crippen LogP contribution in [-0.4, -0.2) is 48.3 Å². The van der Waals surface area contributed by atoms with Gasteiger partial charge in [0.2, 0.25) is 0 Å². The van der Waals surface area contributed by atoms with Gasteiger partial charge < -0.3 is 15.6 Å². The van der Waals surface area contributed by atoms with E-state index in [1.54, 1.807) is 18.1 Å². The zero-order valence-electron chi connectivity index (χ0n) is 11.1. The molecule has 20 heavy (non-hydrogen) atoms. The number of nitrogen functional groups attached to an aromatic ring is 1. The first-order valence-electron chi connectivity index (χ1n) is 6.55. The second-order valence-electron chi connectivity index (χ2n) is 4.67. The third kappa shape index (κ3) is 2.34. The summed E-state index contributed by atoms with van der Waals surface area (Å²) >= 11 is 1.76. The van der Waals surface area contributed by atoms with E-state index in [0.717, 1.165) is 11.5 Å². The van der Waals surface area contributed by atoms with Crippen LogP contribution in [0.1, 0.15) is 19.6 Å². The molecular weight excluding hydrogens is 278 g/mol. The molecule has 3 unspecified atom stereocenters. The number of rotatable bonds is 4. The first-order valence-corrected chi connectivity index (χ1v) is 7.70. The summed E-state index contributed by atoms with van der Waals surface area (Å²) in [6.45, 7) is 2.09. The van der Waals surface area contributed by atoms with Gasteiger partial charge in [0, 0.05) is 12.2 Å². The molecule has 0 aromatic carbocycles. The Labute approximate surface area is 120 Å². The molecule has 7 nitrogen and oxygen atoms in total. The van der Waals surface area contributed by atoms with Gasteiger partial charge in [-0.3, -0.25) is 4.57 Å². The molecule has 108 valence electrons. The topological polar surface area (TPSA) is 99.1 Å². The van der Waals surface area contributed by atoms with E-state index in [4.69, 9.17) is 10.5 Å². The average Bonchev–Trinajstić information content (AvgIpc) is 3.01. The Hall–Kier alpha value is -1.38. The van der Waals surface area contributed by atoms with Crippen LogP contribution < -0.4 is 5.73 Å². The Morgan fingerprint density at radius 2 is 2.35 bits per heavy atom. The molecule has 3 N–H and O–H groups in total. The van der Waals surface area contributed by atoms with E-state index in [2.05, 4.69) is 21.9 Å². The zero-order valence-corrected chi connectivity index (χ0v) is 12.0. The summed E-state index contributed by atoms with van der Waals surface area (Å²) in [4.78, 5) is 12.3. The maximum atomic E-state index is 10.1. The van der Waals surface area contributed by atoms with Gasteiger partial charge in [-0.05, 0) is 5.75 Å². The van der Waals surface area contributed by atoms with Crippen molar-refractivity contribution in [3.63, 3.8) is 0 Å². The van der Waals surface area contributed by atoms with Crippen LogP contribution in [0.25, 0.3) is 11.2 Å². The number of ether oxygens (including phenoxy) is 1. The second-order valence-corrected chi connectivity index (χ2v) is 5.99. The molecule has 3 heterocycles. The lowest BCUT2D eigenvalue weighted by molar-refractivity contribution is -0.00371. The van der Waals surface area contributed by atoms with E-state index in [9.17, 15) is 5.11 Å². The maximum absolute atomic E-state index is 10.1. The smallest absolute Gasteiger partial charge is 0.167 e. The molecule has 0 bridgehead atoms. The highest BCUT2D eigenvalue weighted by molar-refractivity contribution is 7.99. The van der Waals surface area contributed by atoms with Gasteiger partial charge >= 0.3 is 0 Å². The zero-order chi connectivity index (χ0) is 14.1. The standard InChI is InChI=1S/C12H17N5O2S/c1-2-20-4-8-7(18)3-9(19-8)17-6-16-10-11(13)14-5-15-12(10)17/h5-9,18H,2-4H2,1H3,(H2,13,14,15). The number of imidazole rings is 1. The second kappa shape index (κ2) is 5.55. The molecule has 2 aromatic heterocycles. The summed E-state index contributed by atoms with van der Waals surface area (Å²) in [5, 5.41) is 10.1. The van der Waals surface area contributed by atoms with Crippen LogP contribution in [0.5, 0.6) is 0 Å². The quantitative estimate of drug-likeness (QED) is 0.861. The summed E-state index contributed by atoms with van der Waals surface area (Å²) in [6, 6.07) is 0. The van der Waals surface area contributed by atoms with Crippen molar-refractivity contribution in [3.8, 4) is 0 Å². The molecule has 3 rings (SSSR count). The van der Waals surface area contributed by atoms with Crippen LogP contribution in [0, 0.1) is 0 Å². The van der Waals surface area contributed by atoms with Crippen molar-refractivity contribution in [1.29, 1.82) is 0 Å². The number of anilines is 1. The van der Waals surface area contributed by atoms with Gasteiger partial charge in [-0.1, -0.05) is 6.92 Å². The summed E-state index contributed by atoms with van der Waals surface area (Å²) < 4.78 is 7.73. The van der Waals surface area contributed by atoms with Crippen molar-refractivity contribution in [3.05, 3.63) is 12.7 Å². The Kier molecular flexibility index (Phi) is 3.77. The van der Waals surface area contributed by atoms with E-state index in [1.165, 1.54) is 6.33 Å². The Morgan fingerprint density at radius 3 is 3.15 bits per heavy atom. The molecule has 1 aliphatic heterocycles. The highest BCUT2D eigenvalue weighted by atomic mass is 32.2. The van der Waals surface area contributed by atoms with E-state index in [1.807, 2.05) is 4.57 Å². The number of fused-ring (bicyclic) bond motifs is 1. The van der Waals surface area contributed by atoms with Crippen molar-refractivity contribution >= 4 is 28.7 Å². The van der Waals surface area contributed by atoms with E-state index in [-0.39, 0.29) is 12.3 Å². The number of hydrogen-bond acceptors (Lipinski definition) is 7. The van der Waals surface area contributed by atoms with Crippen molar-refractivity contribution < 1.29 is 9.84 Å². The largest absolute Gasteiger partial charge is 0.390 e. The van der Waals surface area contributed by atoms with Gasteiger partial charge in [0.25, 0.3) is 0 Å². The minimum Gasteiger partial charge on any atom is -0.390 e. The van der Waals surface area contributed by atoms with E-state index >= 15 is 0 Å². The number of nitrogens with zero attached hydrogens (tertiary/aromatic N) is 4. The Morgan fingerprint density at radius 1 is 1.50 bits per heavy atom. The molecule has 0 saturated carbocycles. The highest BCUT2D eigenvalue weighted by Crippen LogP contribution is 2.32. The fraction of sp³-hybridized carbons (Fsp3) is 0.583. The first-order chi connectivity index (χ1) is 9.70. The molecule has 0 aliphatic carbocycles. The molecule has 1 fully saturated rings. The lowest BCUT2D eigenvalue weighted by atomic mass is 10.2. The van der Waals surface area contributed by atoms with Gasteiger partial charge in [0.05, 0.1) is 18.5 Å². The van der Waals surface area contributed by atoms with Gasteiger partial charge in [-0.25, -0.2) is 15.0 Å².